The number of ether oxygens (including phenoxy) is 2. The number of alkyl halides is 2. The highest BCUT2D eigenvalue weighted by atomic mass is 28.3. The number of aromatic nitrogens is 4. The molecule has 1 saturated heterocycles. The molecule has 0 radical (unpaired) electrons. The molecule has 4 aromatic rings. The maximum absolute atomic E-state index is 13.4. The summed E-state index contributed by atoms with van der Waals surface area (Å²) in [4.78, 5) is 31.1. The van der Waals surface area contributed by atoms with Gasteiger partial charge in [-0.1, -0.05) is 37.8 Å². The van der Waals surface area contributed by atoms with E-state index in [0.29, 0.717) is 53.0 Å². The second-order valence-corrected chi connectivity index (χ2v) is 17.7. The van der Waals surface area contributed by atoms with Crippen LogP contribution in [0.2, 0.25) is 25.7 Å². The van der Waals surface area contributed by atoms with Gasteiger partial charge in [0.25, 0.3) is 12.0 Å². The molecule has 0 aliphatic carbocycles. The lowest BCUT2D eigenvalue weighted by molar-refractivity contribution is -0.139. The van der Waals surface area contributed by atoms with Gasteiger partial charge in [-0.05, 0) is 18.2 Å². The highest BCUT2D eigenvalue weighted by Crippen LogP contribution is 2.29. The molecule has 0 amide bonds. The third-order valence-electron chi connectivity index (χ3n) is 7.50. The van der Waals surface area contributed by atoms with Gasteiger partial charge in [0.1, 0.15) is 31.0 Å². The smallest absolute Gasteiger partial charge is 0.317 e. The number of rotatable bonds is 13. The summed E-state index contributed by atoms with van der Waals surface area (Å²) in [5.41, 5.74) is 1.45. The van der Waals surface area contributed by atoms with Crippen molar-refractivity contribution in [2.45, 2.75) is 51.3 Å². The SMILES string of the molecule is C[Si](C)(C)CCOCn1c(Cc2nn(C3CN(CC(=O)O)C3)c(=O)c3ccccc23)nc2cc(OCC(F)F)c(C#N)cc21. The molecule has 5 rings (SSSR count). The lowest BCUT2D eigenvalue weighted by Crippen LogP contribution is -2.52. The number of hydrogen-bond donors (Lipinski definition) is 1. The normalized spacial score (nSPS) is 14.3. The molecule has 14 heteroatoms. The zero-order chi connectivity index (χ0) is 31.6. The summed E-state index contributed by atoms with van der Waals surface area (Å²) in [5.74, 6) is -0.368. The fourth-order valence-electron chi connectivity index (χ4n) is 5.19. The van der Waals surface area contributed by atoms with Gasteiger partial charge in [-0.15, -0.1) is 0 Å². The summed E-state index contributed by atoms with van der Waals surface area (Å²) >= 11 is 0. The van der Waals surface area contributed by atoms with Crippen LogP contribution in [0.4, 0.5) is 8.78 Å². The van der Waals surface area contributed by atoms with Crippen LogP contribution < -0.4 is 10.3 Å². The lowest BCUT2D eigenvalue weighted by atomic mass is 10.1. The summed E-state index contributed by atoms with van der Waals surface area (Å²) in [6.45, 7) is 7.25. The number of aliphatic carboxylic acids is 1. The van der Waals surface area contributed by atoms with Crippen LogP contribution in [0.1, 0.15) is 23.1 Å². The molecule has 0 spiro atoms. The van der Waals surface area contributed by atoms with Gasteiger partial charge in [0, 0.05) is 39.2 Å². The Morgan fingerprint density at radius 1 is 1.20 bits per heavy atom. The van der Waals surface area contributed by atoms with E-state index >= 15 is 0 Å². The van der Waals surface area contributed by atoms with Crippen molar-refractivity contribution in [3.63, 3.8) is 0 Å². The minimum atomic E-state index is -2.70. The van der Waals surface area contributed by atoms with Gasteiger partial charge in [0.05, 0.1) is 46.7 Å². The number of carboxylic acids is 1. The first-order valence-electron chi connectivity index (χ1n) is 14.3. The van der Waals surface area contributed by atoms with Crippen LogP contribution in [0.5, 0.6) is 5.75 Å². The molecule has 1 N–H and O–H groups in total. The van der Waals surface area contributed by atoms with Crippen molar-refractivity contribution in [1.29, 1.82) is 5.26 Å². The van der Waals surface area contributed by atoms with E-state index in [0.717, 1.165) is 6.04 Å². The fourth-order valence-corrected chi connectivity index (χ4v) is 5.95. The quantitative estimate of drug-likeness (QED) is 0.172. The Morgan fingerprint density at radius 3 is 2.59 bits per heavy atom. The van der Waals surface area contributed by atoms with E-state index in [4.69, 9.17) is 24.7 Å². The lowest BCUT2D eigenvalue weighted by Gasteiger charge is -2.38. The number of halogens is 2. The first-order valence-corrected chi connectivity index (χ1v) is 18.0. The predicted molar refractivity (Wildman–Crippen MR) is 162 cm³/mol. The molecule has 3 heterocycles. The highest BCUT2D eigenvalue weighted by molar-refractivity contribution is 6.76. The molecule has 1 fully saturated rings. The van der Waals surface area contributed by atoms with E-state index in [1.807, 2.05) is 22.8 Å². The van der Waals surface area contributed by atoms with Crippen LogP contribution >= 0.6 is 0 Å². The molecule has 232 valence electrons. The number of imidazole rings is 1. The number of benzene rings is 2. The first-order chi connectivity index (χ1) is 20.9. The van der Waals surface area contributed by atoms with Crippen LogP contribution in [-0.2, 0) is 22.7 Å². The number of hydrogen-bond acceptors (Lipinski definition) is 8. The van der Waals surface area contributed by atoms with Gasteiger partial charge in [0.2, 0.25) is 0 Å². The zero-order valence-corrected chi connectivity index (χ0v) is 25.8. The second-order valence-electron chi connectivity index (χ2n) is 12.1. The van der Waals surface area contributed by atoms with E-state index in [9.17, 15) is 23.6 Å². The Morgan fingerprint density at radius 2 is 1.93 bits per heavy atom. The van der Waals surface area contributed by atoms with Crippen molar-refractivity contribution in [2.24, 2.45) is 0 Å². The highest BCUT2D eigenvalue weighted by Gasteiger charge is 2.32. The Bertz CT molecular complexity index is 1790. The van der Waals surface area contributed by atoms with Crippen LogP contribution in [0.3, 0.4) is 0 Å². The van der Waals surface area contributed by atoms with Gasteiger partial charge in [0.15, 0.2) is 0 Å². The van der Waals surface area contributed by atoms with Gasteiger partial charge >= 0.3 is 5.97 Å². The van der Waals surface area contributed by atoms with E-state index in [1.165, 1.54) is 10.7 Å². The number of carbonyl (C=O) groups is 1. The van der Waals surface area contributed by atoms with Gasteiger partial charge in [-0.2, -0.15) is 10.4 Å². The number of carboxylic acid groups (broad SMARTS) is 1. The zero-order valence-electron chi connectivity index (χ0n) is 24.8. The average molecular weight is 625 g/mol. The van der Waals surface area contributed by atoms with Crippen molar-refractivity contribution in [1.82, 2.24) is 24.2 Å². The minimum absolute atomic E-state index is 0.0178. The van der Waals surface area contributed by atoms with Gasteiger partial charge in [-0.25, -0.2) is 18.4 Å². The van der Waals surface area contributed by atoms with Crippen molar-refractivity contribution in [3.8, 4) is 11.8 Å². The summed E-state index contributed by atoms with van der Waals surface area (Å²) in [6, 6.07) is 12.9. The monoisotopic (exact) mass is 624 g/mol. The van der Waals surface area contributed by atoms with Crippen LogP contribution in [0, 0.1) is 11.3 Å². The van der Waals surface area contributed by atoms with E-state index in [2.05, 4.69) is 19.6 Å². The van der Waals surface area contributed by atoms with Gasteiger partial charge in [-0.3, -0.25) is 14.5 Å². The Hall–Kier alpha value is -4.19. The Balaban J connectivity index is 1.55. The maximum atomic E-state index is 13.4. The average Bonchev–Trinajstić information content (AvgIpc) is 3.27. The summed E-state index contributed by atoms with van der Waals surface area (Å²) in [5, 5.41) is 24.8. The molecule has 0 saturated carbocycles. The van der Waals surface area contributed by atoms with E-state index in [-0.39, 0.29) is 42.6 Å². The van der Waals surface area contributed by atoms with Crippen molar-refractivity contribution < 1.29 is 28.2 Å². The number of fused-ring (bicyclic) bond motifs is 2. The summed E-state index contributed by atoms with van der Waals surface area (Å²) in [7, 11) is -1.36. The second kappa shape index (κ2) is 12.8. The summed E-state index contributed by atoms with van der Waals surface area (Å²) in [6.07, 6.45) is -2.50. The maximum Gasteiger partial charge on any atom is 0.317 e. The van der Waals surface area contributed by atoms with Crippen LogP contribution in [-0.4, -0.2) is 82.7 Å². The van der Waals surface area contributed by atoms with Crippen molar-refractivity contribution in [3.05, 3.63) is 63.8 Å². The molecule has 0 bridgehead atoms. The molecule has 2 aromatic heterocycles. The summed E-state index contributed by atoms with van der Waals surface area (Å²) < 4.78 is 40.3. The largest absolute Gasteiger partial charge is 0.486 e. The molecular weight excluding hydrogens is 590 g/mol. The topological polar surface area (TPSA) is 136 Å². The third kappa shape index (κ3) is 6.96. The molecular formula is C30H34F2N6O5Si. The van der Waals surface area contributed by atoms with Crippen molar-refractivity contribution in [2.75, 3.05) is 32.8 Å². The van der Waals surface area contributed by atoms with E-state index < -0.39 is 27.1 Å². The van der Waals surface area contributed by atoms with Crippen LogP contribution in [0.25, 0.3) is 21.8 Å². The Labute approximate surface area is 253 Å². The Kier molecular flexibility index (Phi) is 9.09. The molecule has 1 aliphatic heterocycles. The first kappa shape index (κ1) is 31.2. The number of nitriles is 1. The van der Waals surface area contributed by atoms with Crippen molar-refractivity contribution >= 4 is 35.8 Å². The minimum Gasteiger partial charge on any atom is -0.486 e. The molecule has 1 aliphatic rings. The molecule has 0 atom stereocenters. The standard InChI is InChI=1S/C30H34F2N6O5Si/c1-44(2,3)9-8-42-18-37-25-10-19(13-33)26(43-17-27(31)32)11-24(25)34-28(37)12-23-21-6-4-5-7-22(21)30(41)38(35-23)20-14-36(15-20)16-29(39)40/h4-7,10-11,20,27H,8-9,12,14-18H2,1-3H3,(H,39,40). The molecule has 0 unspecified atom stereocenters. The predicted octanol–water partition coefficient (Wildman–Crippen LogP) is 4.11. The van der Waals surface area contributed by atoms with Crippen LogP contribution in [0.15, 0.2) is 41.2 Å². The van der Waals surface area contributed by atoms with E-state index in [1.54, 1.807) is 23.1 Å². The third-order valence-corrected chi connectivity index (χ3v) is 9.21. The van der Waals surface area contributed by atoms with Gasteiger partial charge < -0.3 is 19.1 Å². The molecule has 11 nitrogen and oxygen atoms in total. The number of likely N-dealkylation sites (tertiary alicyclic amines) is 1. The molecule has 2 aromatic carbocycles. The molecule has 44 heavy (non-hydrogen) atoms. The number of nitrogens with zero attached hydrogens (tertiary/aromatic N) is 6. The fraction of sp³-hybridized carbons (Fsp3) is 0.433.